The normalized spacial score (nSPS) is 10.5. The van der Waals surface area contributed by atoms with Crippen molar-refractivity contribution in [1.82, 2.24) is 0 Å². The highest BCUT2D eigenvalue weighted by Crippen LogP contribution is 2.08. The molecule has 0 atom stereocenters. The number of hydrogen-bond donors (Lipinski definition) is 0. The van der Waals surface area contributed by atoms with Gasteiger partial charge in [0.05, 0.1) is 6.61 Å². The van der Waals surface area contributed by atoms with Crippen LogP contribution in [0.5, 0.6) is 0 Å². The lowest BCUT2D eigenvalue weighted by Gasteiger charge is -2.06. The molecule has 0 rings (SSSR count). The van der Waals surface area contributed by atoms with Gasteiger partial charge in [0.15, 0.2) is 0 Å². The van der Waals surface area contributed by atoms with Crippen molar-refractivity contribution in [1.29, 1.82) is 0 Å². The number of hydrogen-bond acceptors (Lipinski definition) is 2. The first kappa shape index (κ1) is 16.2. The summed E-state index contributed by atoms with van der Waals surface area (Å²) in [7, 11) is 0. The van der Waals surface area contributed by atoms with E-state index in [-0.39, 0.29) is 5.97 Å². The molecule has 0 radical (unpaired) electrons. The predicted molar refractivity (Wildman–Crippen MR) is 72.9 cm³/mol. The van der Waals surface area contributed by atoms with Crippen molar-refractivity contribution in [3.8, 4) is 0 Å². The van der Waals surface area contributed by atoms with Crippen LogP contribution in [-0.2, 0) is 9.53 Å². The summed E-state index contributed by atoms with van der Waals surface area (Å²) in [5.41, 5.74) is 0. The summed E-state index contributed by atoms with van der Waals surface area (Å²) < 4.78 is 5.15. The highest BCUT2D eigenvalue weighted by molar-refractivity contribution is 5.69. The average Bonchev–Trinajstić information content (AvgIpc) is 2.27. The van der Waals surface area contributed by atoms with E-state index in [2.05, 4.69) is 20.4 Å². The smallest absolute Gasteiger partial charge is 0.305 e. The molecular weight excluding hydrogens is 212 g/mol. The zero-order valence-electron chi connectivity index (χ0n) is 11.5. The van der Waals surface area contributed by atoms with Gasteiger partial charge in [-0.15, -0.1) is 6.58 Å². The number of allylic oxidation sites excluding steroid dienone is 1. The van der Waals surface area contributed by atoms with Crippen molar-refractivity contribution in [2.45, 2.75) is 65.2 Å². The second kappa shape index (κ2) is 11.7. The topological polar surface area (TPSA) is 26.3 Å². The maximum absolute atomic E-state index is 11.3. The van der Waals surface area contributed by atoms with Gasteiger partial charge >= 0.3 is 5.97 Å². The molecule has 0 saturated heterocycles. The second-order valence-electron chi connectivity index (χ2n) is 5.00. The first-order valence-electron chi connectivity index (χ1n) is 6.93. The third kappa shape index (κ3) is 13.1. The molecule has 0 N–H and O–H groups in total. The Kier molecular flexibility index (Phi) is 11.1. The Morgan fingerprint density at radius 3 is 2.47 bits per heavy atom. The molecule has 2 heteroatoms. The SMILES string of the molecule is C=CCCCCCCCC(=O)OCCC(C)C. The molecule has 0 saturated carbocycles. The molecule has 2 nitrogen and oxygen atoms in total. The van der Waals surface area contributed by atoms with Gasteiger partial charge in [-0.2, -0.15) is 0 Å². The van der Waals surface area contributed by atoms with E-state index in [0.29, 0.717) is 18.9 Å². The van der Waals surface area contributed by atoms with Crippen molar-refractivity contribution in [2.24, 2.45) is 5.92 Å². The summed E-state index contributed by atoms with van der Waals surface area (Å²) in [4.78, 5) is 11.3. The van der Waals surface area contributed by atoms with E-state index in [0.717, 1.165) is 25.7 Å². The molecule has 0 aliphatic heterocycles. The first-order valence-corrected chi connectivity index (χ1v) is 6.93. The Balaban J connectivity index is 3.19. The van der Waals surface area contributed by atoms with Gasteiger partial charge < -0.3 is 4.74 Å². The van der Waals surface area contributed by atoms with E-state index >= 15 is 0 Å². The third-order valence-corrected chi connectivity index (χ3v) is 2.75. The molecule has 0 fully saturated rings. The van der Waals surface area contributed by atoms with Crippen molar-refractivity contribution >= 4 is 5.97 Å². The molecule has 0 aliphatic carbocycles. The van der Waals surface area contributed by atoms with E-state index in [9.17, 15) is 4.79 Å². The van der Waals surface area contributed by atoms with Gasteiger partial charge in [-0.25, -0.2) is 0 Å². The number of esters is 1. The summed E-state index contributed by atoms with van der Waals surface area (Å²) in [5, 5.41) is 0. The zero-order valence-corrected chi connectivity index (χ0v) is 11.5. The fourth-order valence-electron chi connectivity index (χ4n) is 1.57. The molecule has 0 aromatic rings. The van der Waals surface area contributed by atoms with Crippen molar-refractivity contribution in [2.75, 3.05) is 6.61 Å². The van der Waals surface area contributed by atoms with Crippen LogP contribution >= 0.6 is 0 Å². The third-order valence-electron chi connectivity index (χ3n) is 2.75. The lowest BCUT2D eigenvalue weighted by molar-refractivity contribution is -0.144. The predicted octanol–water partition coefficient (Wildman–Crippen LogP) is 4.49. The fraction of sp³-hybridized carbons (Fsp3) is 0.800. The van der Waals surface area contributed by atoms with Crippen LogP contribution in [0.25, 0.3) is 0 Å². The van der Waals surface area contributed by atoms with E-state index in [1.807, 2.05) is 6.08 Å². The van der Waals surface area contributed by atoms with Gasteiger partial charge in [0.25, 0.3) is 0 Å². The Morgan fingerprint density at radius 1 is 1.18 bits per heavy atom. The molecule has 0 aromatic heterocycles. The molecule has 17 heavy (non-hydrogen) atoms. The number of rotatable bonds is 11. The highest BCUT2D eigenvalue weighted by Gasteiger charge is 2.03. The van der Waals surface area contributed by atoms with Gasteiger partial charge in [0.2, 0.25) is 0 Å². The van der Waals surface area contributed by atoms with Crippen molar-refractivity contribution in [3.05, 3.63) is 12.7 Å². The van der Waals surface area contributed by atoms with E-state index in [1.54, 1.807) is 0 Å². The minimum Gasteiger partial charge on any atom is -0.466 e. The first-order chi connectivity index (χ1) is 8.16. The van der Waals surface area contributed by atoms with Gasteiger partial charge in [0, 0.05) is 6.42 Å². The standard InChI is InChI=1S/C15H28O2/c1-4-5-6-7-8-9-10-11-15(16)17-13-12-14(2)3/h4,14H,1,5-13H2,2-3H3. The molecule has 0 aliphatic rings. The molecule has 0 bridgehead atoms. The Labute approximate surface area is 106 Å². The molecule has 0 aromatic carbocycles. The number of carbonyl (C=O) groups is 1. The van der Waals surface area contributed by atoms with Crippen LogP contribution in [0.2, 0.25) is 0 Å². The maximum atomic E-state index is 11.3. The van der Waals surface area contributed by atoms with Crippen LogP contribution in [0.3, 0.4) is 0 Å². The quantitative estimate of drug-likeness (QED) is 0.302. The van der Waals surface area contributed by atoms with Gasteiger partial charge in [0.1, 0.15) is 0 Å². The molecule has 0 heterocycles. The molecule has 0 amide bonds. The largest absolute Gasteiger partial charge is 0.466 e. The number of carbonyl (C=O) groups excluding carboxylic acids is 1. The monoisotopic (exact) mass is 240 g/mol. The number of unbranched alkanes of at least 4 members (excludes halogenated alkanes) is 5. The second-order valence-corrected chi connectivity index (χ2v) is 5.00. The Hall–Kier alpha value is -0.790. The molecular formula is C15H28O2. The van der Waals surface area contributed by atoms with Gasteiger partial charge in [-0.3, -0.25) is 4.79 Å². The minimum atomic E-state index is -0.0308. The van der Waals surface area contributed by atoms with E-state index < -0.39 is 0 Å². The molecule has 0 spiro atoms. The van der Waals surface area contributed by atoms with Crippen LogP contribution in [0, 0.1) is 5.92 Å². The van der Waals surface area contributed by atoms with Gasteiger partial charge in [-0.05, 0) is 31.6 Å². The summed E-state index contributed by atoms with van der Waals surface area (Å²) in [6.07, 6.45) is 10.4. The lowest BCUT2D eigenvalue weighted by atomic mass is 10.1. The maximum Gasteiger partial charge on any atom is 0.305 e. The van der Waals surface area contributed by atoms with Crippen LogP contribution in [0.15, 0.2) is 12.7 Å². The number of ether oxygens (including phenoxy) is 1. The Bertz CT molecular complexity index is 197. The van der Waals surface area contributed by atoms with Crippen LogP contribution in [-0.4, -0.2) is 12.6 Å². The summed E-state index contributed by atoms with van der Waals surface area (Å²) in [5.74, 6) is 0.574. The van der Waals surface area contributed by atoms with Gasteiger partial charge in [-0.1, -0.05) is 39.2 Å². The summed E-state index contributed by atoms with van der Waals surface area (Å²) in [6, 6.07) is 0. The summed E-state index contributed by atoms with van der Waals surface area (Å²) in [6.45, 7) is 8.55. The van der Waals surface area contributed by atoms with Crippen LogP contribution < -0.4 is 0 Å². The minimum absolute atomic E-state index is 0.0308. The zero-order chi connectivity index (χ0) is 12.9. The van der Waals surface area contributed by atoms with Crippen molar-refractivity contribution in [3.63, 3.8) is 0 Å². The van der Waals surface area contributed by atoms with E-state index in [1.165, 1.54) is 19.3 Å². The lowest BCUT2D eigenvalue weighted by Crippen LogP contribution is -2.07. The highest BCUT2D eigenvalue weighted by atomic mass is 16.5. The average molecular weight is 240 g/mol. The fourth-order valence-corrected chi connectivity index (χ4v) is 1.57. The summed E-state index contributed by atoms with van der Waals surface area (Å²) >= 11 is 0. The molecule has 100 valence electrons. The van der Waals surface area contributed by atoms with Crippen molar-refractivity contribution < 1.29 is 9.53 Å². The Morgan fingerprint density at radius 2 is 1.82 bits per heavy atom. The molecule has 0 unspecified atom stereocenters. The van der Waals surface area contributed by atoms with Crippen LogP contribution in [0.4, 0.5) is 0 Å². The van der Waals surface area contributed by atoms with Crippen LogP contribution in [0.1, 0.15) is 65.2 Å². The van der Waals surface area contributed by atoms with E-state index in [4.69, 9.17) is 4.74 Å².